The fourth-order valence-electron chi connectivity index (χ4n) is 2.96. The molecule has 1 saturated carbocycles. The number of aromatic nitrogens is 2. The molecule has 1 aliphatic carbocycles. The molecular weight excluding hydrogens is 368 g/mol. The summed E-state index contributed by atoms with van der Waals surface area (Å²) in [5, 5.41) is 0. The number of carbonyl (C=O) groups is 1. The van der Waals surface area contributed by atoms with Crippen molar-refractivity contribution >= 4 is 32.7 Å². The van der Waals surface area contributed by atoms with E-state index in [4.69, 9.17) is 0 Å². The molecule has 0 unspecified atom stereocenters. The van der Waals surface area contributed by atoms with Gasteiger partial charge in [0, 0.05) is 13.1 Å². The molecule has 2 aromatic carbocycles. The van der Waals surface area contributed by atoms with Crippen LogP contribution in [0.15, 0.2) is 52.2 Å². The highest BCUT2D eigenvalue weighted by Crippen LogP contribution is 2.29. The summed E-state index contributed by atoms with van der Waals surface area (Å²) in [5.41, 5.74) is 1.01. The van der Waals surface area contributed by atoms with E-state index in [9.17, 15) is 18.0 Å². The summed E-state index contributed by atoms with van der Waals surface area (Å²) in [4.78, 5) is 30.8. The zero-order chi connectivity index (χ0) is 19.2. The highest BCUT2D eigenvalue weighted by molar-refractivity contribution is 7.92. The van der Waals surface area contributed by atoms with E-state index < -0.39 is 15.7 Å². The van der Waals surface area contributed by atoms with Gasteiger partial charge < -0.3 is 14.9 Å². The van der Waals surface area contributed by atoms with E-state index in [1.165, 1.54) is 18.2 Å². The number of H-pyrrole nitrogens is 2. The van der Waals surface area contributed by atoms with Gasteiger partial charge in [-0.15, -0.1) is 0 Å². The van der Waals surface area contributed by atoms with Gasteiger partial charge in [0.25, 0.3) is 15.9 Å². The van der Waals surface area contributed by atoms with Crippen LogP contribution in [0, 0.1) is 0 Å². The quantitative estimate of drug-likeness (QED) is 0.621. The maximum absolute atomic E-state index is 12.8. The third-order valence-electron chi connectivity index (χ3n) is 4.61. The van der Waals surface area contributed by atoms with Crippen molar-refractivity contribution in [3.8, 4) is 0 Å². The Kier molecular flexibility index (Phi) is 4.03. The van der Waals surface area contributed by atoms with Gasteiger partial charge in [-0.1, -0.05) is 12.1 Å². The minimum absolute atomic E-state index is 0.0111. The third kappa shape index (κ3) is 3.33. The first-order valence-corrected chi connectivity index (χ1v) is 9.94. The number of imidazole rings is 1. The molecular formula is C18H18N4O4S. The van der Waals surface area contributed by atoms with Crippen LogP contribution in [0.5, 0.6) is 0 Å². The summed E-state index contributed by atoms with van der Waals surface area (Å²) in [5.74, 6) is -0.221. The summed E-state index contributed by atoms with van der Waals surface area (Å²) in [6.07, 6.45) is 1.93. The van der Waals surface area contributed by atoms with Gasteiger partial charge in [0.1, 0.15) is 0 Å². The maximum atomic E-state index is 12.8. The van der Waals surface area contributed by atoms with Crippen molar-refractivity contribution in [1.29, 1.82) is 0 Å². The van der Waals surface area contributed by atoms with E-state index in [2.05, 4.69) is 14.7 Å². The monoisotopic (exact) mass is 386 g/mol. The van der Waals surface area contributed by atoms with Gasteiger partial charge in [0.2, 0.25) is 0 Å². The SMILES string of the molecule is CN(C(=O)c1ccccc1NS(=O)(=O)c1ccc2[nH]c(=O)[nH]c2c1)C1CC1. The van der Waals surface area contributed by atoms with Crippen LogP contribution in [0.3, 0.4) is 0 Å². The second kappa shape index (κ2) is 6.27. The normalized spacial score (nSPS) is 14.3. The zero-order valence-electron chi connectivity index (χ0n) is 14.5. The molecule has 3 aromatic rings. The van der Waals surface area contributed by atoms with Crippen molar-refractivity contribution in [2.45, 2.75) is 23.8 Å². The van der Waals surface area contributed by atoms with Gasteiger partial charge in [0.05, 0.1) is 27.2 Å². The number of hydrogen-bond donors (Lipinski definition) is 3. The fraction of sp³-hybridized carbons (Fsp3) is 0.222. The topological polar surface area (TPSA) is 115 Å². The van der Waals surface area contributed by atoms with Crippen LogP contribution >= 0.6 is 0 Å². The molecule has 1 aliphatic rings. The highest BCUT2D eigenvalue weighted by Gasteiger charge is 2.31. The van der Waals surface area contributed by atoms with Crippen molar-refractivity contribution in [2.75, 3.05) is 11.8 Å². The molecule has 3 N–H and O–H groups in total. The second-order valence-corrected chi connectivity index (χ2v) is 8.27. The number of sulfonamides is 1. The van der Waals surface area contributed by atoms with E-state index in [0.717, 1.165) is 12.8 Å². The van der Waals surface area contributed by atoms with Crippen molar-refractivity contribution in [3.63, 3.8) is 0 Å². The molecule has 0 atom stereocenters. The summed E-state index contributed by atoms with van der Waals surface area (Å²) >= 11 is 0. The number of carbonyl (C=O) groups excluding carboxylic acids is 1. The minimum Gasteiger partial charge on any atom is -0.339 e. The standard InChI is InChI=1S/C18H18N4O4S/c1-22(11-6-7-11)17(23)13-4-2-3-5-14(13)21-27(25,26)12-8-9-15-16(10-12)20-18(24)19-15/h2-5,8-11,21H,6-7H2,1H3,(H2,19,20,24). The lowest BCUT2D eigenvalue weighted by Crippen LogP contribution is -2.29. The molecule has 140 valence electrons. The number of anilines is 1. The number of nitrogens with one attached hydrogen (secondary N) is 3. The van der Waals surface area contributed by atoms with Crippen LogP contribution in [-0.4, -0.2) is 42.3 Å². The predicted molar refractivity (Wildman–Crippen MR) is 101 cm³/mol. The van der Waals surface area contributed by atoms with Crippen LogP contribution in [0.2, 0.25) is 0 Å². The van der Waals surface area contributed by atoms with Gasteiger partial charge >= 0.3 is 5.69 Å². The molecule has 0 saturated heterocycles. The molecule has 0 bridgehead atoms. The number of benzene rings is 2. The molecule has 1 heterocycles. The van der Waals surface area contributed by atoms with Gasteiger partial charge in [-0.25, -0.2) is 13.2 Å². The second-order valence-electron chi connectivity index (χ2n) is 6.58. The van der Waals surface area contributed by atoms with Crippen LogP contribution < -0.4 is 10.4 Å². The van der Waals surface area contributed by atoms with Gasteiger partial charge in [-0.3, -0.25) is 9.52 Å². The molecule has 8 nitrogen and oxygen atoms in total. The first kappa shape index (κ1) is 17.3. The Bertz CT molecular complexity index is 1190. The van der Waals surface area contributed by atoms with E-state index in [-0.39, 0.29) is 22.5 Å². The lowest BCUT2D eigenvalue weighted by Gasteiger charge is -2.19. The number of fused-ring (bicyclic) bond motifs is 1. The van der Waals surface area contributed by atoms with E-state index in [0.29, 0.717) is 16.6 Å². The van der Waals surface area contributed by atoms with Crippen LogP contribution in [0.25, 0.3) is 11.0 Å². The number of rotatable bonds is 5. The Morgan fingerprint density at radius 2 is 1.81 bits per heavy atom. The fourth-order valence-corrected chi connectivity index (χ4v) is 4.06. The molecule has 4 rings (SSSR count). The summed E-state index contributed by atoms with van der Waals surface area (Å²) in [6.45, 7) is 0. The van der Waals surface area contributed by atoms with Crippen LogP contribution in [0.4, 0.5) is 5.69 Å². The zero-order valence-corrected chi connectivity index (χ0v) is 15.3. The lowest BCUT2D eigenvalue weighted by atomic mass is 10.1. The van der Waals surface area contributed by atoms with Crippen LogP contribution in [-0.2, 0) is 10.0 Å². The van der Waals surface area contributed by atoms with Gasteiger partial charge in [0.15, 0.2) is 0 Å². The molecule has 1 aromatic heterocycles. The van der Waals surface area contributed by atoms with E-state index >= 15 is 0 Å². The first-order valence-electron chi connectivity index (χ1n) is 8.46. The molecule has 27 heavy (non-hydrogen) atoms. The average Bonchev–Trinajstić information content (AvgIpc) is 3.41. The Morgan fingerprint density at radius 3 is 2.56 bits per heavy atom. The predicted octanol–water partition coefficient (Wildman–Crippen LogP) is 1.89. The molecule has 0 aliphatic heterocycles. The number of hydrogen-bond acceptors (Lipinski definition) is 4. The largest absolute Gasteiger partial charge is 0.339 e. The van der Waals surface area contributed by atoms with Crippen LogP contribution in [0.1, 0.15) is 23.2 Å². The number of amides is 1. The Balaban J connectivity index is 1.67. The summed E-state index contributed by atoms with van der Waals surface area (Å²) in [7, 11) is -2.21. The van der Waals surface area contributed by atoms with Gasteiger partial charge in [-0.05, 0) is 43.2 Å². The molecule has 0 radical (unpaired) electrons. The molecule has 0 spiro atoms. The minimum atomic E-state index is -3.94. The lowest BCUT2D eigenvalue weighted by molar-refractivity contribution is 0.0786. The van der Waals surface area contributed by atoms with Crippen molar-refractivity contribution in [2.24, 2.45) is 0 Å². The molecule has 1 fully saturated rings. The number of aromatic amines is 2. The maximum Gasteiger partial charge on any atom is 0.323 e. The van der Waals surface area contributed by atoms with Gasteiger partial charge in [-0.2, -0.15) is 0 Å². The van der Waals surface area contributed by atoms with Crippen molar-refractivity contribution in [1.82, 2.24) is 14.9 Å². The number of nitrogens with zero attached hydrogens (tertiary/aromatic N) is 1. The Labute approximate surface area is 155 Å². The highest BCUT2D eigenvalue weighted by atomic mass is 32.2. The summed E-state index contributed by atoms with van der Waals surface area (Å²) in [6, 6.07) is 11.0. The summed E-state index contributed by atoms with van der Waals surface area (Å²) < 4.78 is 28.1. The Morgan fingerprint density at radius 1 is 1.11 bits per heavy atom. The smallest absolute Gasteiger partial charge is 0.323 e. The Hall–Kier alpha value is -3.07. The van der Waals surface area contributed by atoms with E-state index in [1.807, 2.05) is 0 Å². The average molecular weight is 386 g/mol. The van der Waals surface area contributed by atoms with Crippen molar-refractivity contribution in [3.05, 3.63) is 58.5 Å². The molecule has 9 heteroatoms. The first-order chi connectivity index (χ1) is 12.8. The number of para-hydroxylation sites is 1. The molecule has 1 amide bonds. The van der Waals surface area contributed by atoms with Crippen molar-refractivity contribution < 1.29 is 13.2 Å². The third-order valence-corrected chi connectivity index (χ3v) is 5.98. The van der Waals surface area contributed by atoms with E-state index in [1.54, 1.807) is 36.2 Å².